The Labute approximate surface area is 191 Å². The number of aliphatic hydroxyl groups is 1. The summed E-state index contributed by atoms with van der Waals surface area (Å²) < 4.78 is 16.5. The Kier molecular flexibility index (Phi) is 6.60. The number of nitrogens with zero attached hydrogens (tertiary/aromatic N) is 1. The van der Waals surface area contributed by atoms with Gasteiger partial charge in [0.2, 0.25) is 0 Å². The van der Waals surface area contributed by atoms with E-state index in [9.17, 15) is 14.7 Å². The van der Waals surface area contributed by atoms with Crippen LogP contribution in [0.5, 0.6) is 5.75 Å². The number of aliphatic hydroxyl groups excluding tert-OH is 1. The minimum absolute atomic E-state index is 0.0107. The maximum Gasteiger partial charge on any atom is 0.295 e. The van der Waals surface area contributed by atoms with Crippen LogP contribution >= 0.6 is 0 Å². The number of aryl methyl sites for hydroxylation is 1. The van der Waals surface area contributed by atoms with Crippen molar-refractivity contribution in [2.24, 2.45) is 0 Å². The highest BCUT2D eigenvalue weighted by Crippen LogP contribution is 2.39. The Bertz CT molecular complexity index is 1170. The number of amides is 1. The van der Waals surface area contributed by atoms with Crippen molar-refractivity contribution in [1.29, 1.82) is 0 Å². The molecule has 0 radical (unpaired) electrons. The quantitative estimate of drug-likeness (QED) is 0.316. The van der Waals surface area contributed by atoms with Gasteiger partial charge in [-0.05, 0) is 48.4 Å². The molecule has 1 saturated heterocycles. The second kappa shape index (κ2) is 9.75. The molecular formula is C26H25NO6. The number of hydrogen-bond donors (Lipinski definition) is 1. The van der Waals surface area contributed by atoms with Crippen LogP contribution in [0.15, 0.2) is 76.9 Å². The minimum atomic E-state index is -0.829. The monoisotopic (exact) mass is 447 g/mol. The Hall–Kier alpha value is -3.84. The molecule has 170 valence electrons. The van der Waals surface area contributed by atoms with Gasteiger partial charge in [-0.3, -0.25) is 9.59 Å². The third-order valence-corrected chi connectivity index (χ3v) is 5.57. The summed E-state index contributed by atoms with van der Waals surface area (Å²) in [7, 11) is 1.52. The lowest BCUT2D eigenvalue weighted by Gasteiger charge is -2.22. The second-order valence-corrected chi connectivity index (χ2v) is 7.76. The lowest BCUT2D eigenvalue weighted by atomic mass is 9.98. The molecule has 1 aliphatic rings. The summed E-state index contributed by atoms with van der Waals surface area (Å²) in [4.78, 5) is 27.0. The average molecular weight is 447 g/mol. The molecule has 2 heterocycles. The van der Waals surface area contributed by atoms with Gasteiger partial charge in [-0.1, -0.05) is 30.3 Å². The van der Waals surface area contributed by atoms with Crippen LogP contribution < -0.4 is 4.74 Å². The predicted octanol–water partition coefficient (Wildman–Crippen LogP) is 4.24. The van der Waals surface area contributed by atoms with Gasteiger partial charge in [-0.2, -0.15) is 0 Å². The molecule has 1 amide bonds. The Balaban J connectivity index is 1.66. The van der Waals surface area contributed by atoms with Gasteiger partial charge in [-0.25, -0.2) is 0 Å². The lowest BCUT2D eigenvalue weighted by Crippen LogP contribution is -2.32. The van der Waals surface area contributed by atoms with Crippen LogP contribution in [0.25, 0.3) is 5.76 Å². The summed E-state index contributed by atoms with van der Waals surface area (Å²) in [6.45, 7) is 2.71. The fourth-order valence-corrected chi connectivity index (χ4v) is 3.89. The first kappa shape index (κ1) is 22.4. The molecule has 1 fully saturated rings. The van der Waals surface area contributed by atoms with Crippen LogP contribution in [-0.4, -0.2) is 42.0 Å². The van der Waals surface area contributed by atoms with Crippen LogP contribution in [0.1, 0.15) is 28.5 Å². The topological polar surface area (TPSA) is 89.2 Å². The van der Waals surface area contributed by atoms with E-state index in [0.29, 0.717) is 23.7 Å². The van der Waals surface area contributed by atoms with E-state index in [1.54, 1.807) is 30.3 Å². The maximum atomic E-state index is 12.9. The molecular weight excluding hydrogens is 422 g/mol. The molecule has 0 aliphatic carbocycles. The molecule has 1 aliphatic heterocycles. The summed E-state index contributed by atoms with van der Waals surface area (Å²) in [5, 5.41) is 11.1. The SMILES string of the molecule is COCCN1C(=O)C(=O)/C(=C(\O)c2ccc(OCc3ccccc3)c(C)c2)C1c1ccco1. The fourth-order valence-electron chi connectivity index (χ4n) is 3.89. The van der Waals surface area contributed by atoms with E-state index in [1.807, 2.05) is 37.3 Å². The predicted molar refractivity (Wildman–Crippen MR) is 122 cm³/mol. The normalized spacial score (nSPS) is 17.5. The number of furan rings is 1. The van der Waals surface area contributed by atoms with Crippen LogP contribution in [0, 0.1) is 6.92 Å². The number of hydrogen-bond acceptors (Lipinski definition) is 6. The first-order chi connectivity index (χ1) is 16.0. The Morgan fingerprint density at radius 3 is 2.55 bits per heavy atom. The van der Waals surface area contributed by atoms with Crippen molar-refractivity contribution in [2.45, 2.75) is 19.6 Å². The van der Waals surface area contributed by atoms with Gasteiger partial charge >= 0.3 is 0 Å². The summed E-state index contributed by atoms with van der Waals surface area (Å²) in [5.74, 6) is -0.654. The Morgan fingerprint density at radius 1 is 1.09 bits per heavy atom. The van der Waals surface area contributed by atoms with Crippen LogP contribution in [0.2, 0.25) is 0 Å². The Morgan fingerprint density at radius 2 is 1.88 bits per heavy atom. The molecule has 0 saturated carbocycles. The molecule has 1 atom stereocenters. The van der Waals surface area contributed by atoms with E-state index < -0.39 is 17.7 Å². The number of ketones is 1. The van der Waals surface area contributed by atoms with Crippen molar-refractivity contribution < 1.29 is 28.6 Å². The largest absolute Gasteiger partial charge is 0.507 e. The van der Waals surface area contributed by atoms with Crippen LogP contribution in [0.4, 0.5) is 0 Å². The molecule has 1 aromatic heterocycles. The first-order valence-electron chi connectivity index (χ1n) is 10.6. The van der Waals surface area contributed by atoms with Crippen LogP contribution in [0.3, 0.4) is 0 Å². The fraction of sp³-hybridized carbons (Fsp3) is 0.231. The highest BCUT2D eigenvalue weighted by atomic mass is 16.5. The van der Waals surface area contributed by atoms with E-state index in [2.05, 4.69) is 0 Å². The van der Waals surface area contributed by atoms with Crippen molar-refractivity contribution in [3.8, 4) is 5.75 Å². The highest BCUT2D eigenvalue weighted by molar-refractivity contribution is 6.46. The summed E-state index contributed by atoms with van der Waals surface area (Å²) in [6, 6.07) is 17.5. The molecule has 3 aromatic rings. The number of likely N-dealkylation sites (tertiary alicyclic amines) is 1. The minimum Gasteiger partial charge on any atom is -0.507 e. The standard InChI is InChI=1S/C26H25NO6/c1-17-15-19(10-11-20(17)33-16-18-7-4-3-5-8-18)24(28)22-23(21-9-6-13-32-21)27(12-14-31-2)26(30)25(22)29/h3-11,13,15,23,28H,12,14,16H2,1-2H3/b24-22-. The second-order valence-electron chi connectivity index (χ2n) is 7.76. The summed E-state index contributed by atoms with van der Waals surface area (Å²) in [5.41, 5.74) is 2.24. The van der Waals surface area contributed by atoms with Gasteiger partial charge in [0.15, 0.2) is 0 Å². The number of ether oxygens (including phenoxy) is 2. The number of carbonyl (C=O) groups is 2. The first-order valence-corrected chi connectivity index (χ1v) is 10.6. The van der Waals surface area contributed by atoms with E-state index in [4.69, 9.17) is 13.9 Å². The third kappa shape index (κ3) is 4.54. The van der Waals surface area contributed by atoms with Gasteiger partial charge in [0, 0.05) is 19.2 Å². The van der Waals surface area contributed by atoms with Crippen LogP contribution in [-0.2, 0) is 20.9 Å². The van der Waals surface area contributed by atoms with Gasteiger partial charge in [0.05, 0.1) is 18.4 Å². The van der Waals surface area contributed by atoms with Crippen molar-refractivity contribution >= 4 is 17.4 Å². The molecule has 1 unspecified atom stereocenters. The van der Waals surface area contributed by atoms with E-state index in [-0.39, 0.29) is 24.5 Å². The number of carbonyl (C=O) groups excluding carboxylic acids is 2. The maximum absolute atomic E-state index is 12.9. The number of rotatable bonds is 8. The van der Waals surface area contributed by atoms with Crippen molar-refractivity contribution in [1.82, 2.24) is 4.90 Å². The highest BCUT2D eigenvalue weighted by Gasteiger charge is 2.47. The number of methoxy groups -OCH3 is 1. The van der Waals surface area contributed by atoms with Crippen molar-refractivity contribution in [3.63, 3.8) is 0 Å². The molecule has 2 aromatic carbocycles. The third-order valence-electron chi connectivity index (χ3n) is 5.57. The van der Waals surface area contributed by atoms with E-state index in [0.717, 1.165) is 11.1 Å². The van der Waals surface area contributed by atoms with Crippen molar-refractivity contribution in [2.75, 3.05) is 20.3 Å². The zero-order valence-corrected chi connectivity index (χ0v) is 18.5. The van der Waals surface area contributed by atoms with Gasteiger partial charge < -0.3 is 23.9 Å². The number of Topliss-reactive ketones (excluding diaryl/α,β-unsaturated/α-hetero) is 1. The van der Waals surface area contributed by atoms with Gasteiger partial charge in [0.1, 0.15) is 29.9 Å². The zero-order chi connectivity index (χ0) is 23.4. The molecule has 7 heteroatoms. The van der Waals surface area contributed by atoms with Gasteiger partial charge in [-0.15, -0.1) is 0 Å². The molecule has 1 N–H and O–H groups in total. The van der Waals surface area contributed by atoms with Crippen molar-refractivity contribution in [3.05, 3.63) is 95.0 Å². The summed E-state index contributed by atoms with van der Waals surface area (Å²) >= 11 is 0. The smallest absolute Gasteiger partial charge is 0.295 e. The van der Waals surface area contributed by atoms with E-state index in [1.165, 1.54) is 18.3 Å². The molecule has 0 spiro atoms. The average Bonchev–Trinajstić information content (AvgIpc) is 3.44. The van der Waals surface area contributed by atoms with E-state index >= 15 is 0 Å². The zero-order valence-electron chi connectivity index (χ0n) is 18.5. The molecule has 7 nitrogen and oxygen atoms in total. The molecule has 33 heavy (non-hydrogen) atoms. The summed E-state index contributed by atoms with van der Waals surface area (Å²) in [6.07, 6.45) is 1.47. The van der Waals surface area contributed by atoms with Gasteiger partial charge in [0.25, 0.3) is 11.7 Å². The lowest BCUT2D eigenvalue weighted by molar-refractivity contribution is -0.140. The number of benzene rings is 2. The molecule has 0 bridgehead atoms. The molecule has 4 rings (SSSR count).